The van der Waals surface area contributed by atoms with Crippen LogP contribution in [-0.4, -0.2) is 13.1 Å². The van der Waals surface area contributed by atoms with Crippen LogP contribution in [0.2, 0.25) is 0 Å². The Morgan fingerprint density at radius 1 is 0.778 bits per heavy atom. The molecule has 0 bridgehead atoms. The molecule has 0 atom stereocenters. The molecule has 0 spiro atoms. The quantitative estimate of drug-likeness (QED) is 0.539. The molecule has 0 unspecified atom stereocenters. The molecule has 1 aliphatic heterocycles. The maximum Gasteiger partial charge on any atom is 0 e. The van der Waals surface area contributed by atoms with Gasteiger partial charge in [0.05, 0.1) is 0 Å². The summed E-state index contributed by atoms with van der Waals surface area (Å²) in [7, 11) is 0. The standard InChI is InChI=1S/C5H10N.2ClH.Ti/c1-2-4-6-5-3-1;;;/h1-5H2;2*1H;/q-1;;;. The Labute approximate surface area is 84.1 Å². The Morgan fingerprint density at radius 3 is 1.33 bits per heavy atom. The molecule has 0 aromatic heterocycles. The smallest absolute Gasteiger partial charge is 0 e. The predicted molar refractivity (Wildman–Crippen MR) is 41.4 cm³/mol. The van der Waals surface area contributed by atoms with Crippen LogP contribution in [0.1, 0.15) is 19.3 Å². The van der Waals surface area contributed by atoms with Crippen LogP contribution >= 0.6 is 24.8 Å². The minimum absolute atomic E-state index is 0. The summed E-state index contributed by atoms with van der Waals surface area (Å²) in [6.45, 7) is 2.25. The summed E-state index contributed by atoms with van der Waals surface area (Å²) < 4.78 is 0. The minimum atomic E-state index is 0. The van der Waals surface area contributed by atoms with Gasteiger partial charge in [-0.1, -0.05) is 19.3 Å². The summed E-state index contributed by atoms with van der Waals surface area (Å²) in [6.07, 6.45) is 4.07. The summed E-state index contributed by atoms with van der Waals surface area (Å²) in [5.41, 5.74) is 0. The summed E-state index contributed by atoms with van der Waals surface area (Å²) in [4.78, 5) is 0. The molecular formula is C5H12Cl2NTi-. The Morgan fingerprint density at radius 2 is 1.22 bits per heavy atom. The van der Waals surface area contributed by atoms with Gasteiger partial charge < -0.3 is 5.32 Å². The summed E-state index contributed by atoms with van der Waals surface area (Å²) in [5, 5.41) is 4.18. The van der Waals surface area contributed by atoms with E-state index in [1.54, 1.807) is 0 Å². The monoisotopic (exact) mass is 204 g/mol. The normalized spacial score (nSPS) is 16.0. The van der Waals surface area contributed by atoms with Crippen LogP contribution in [0.15, 0.2) is 0 Å². The molecule has 0 amide bonds. The van der Waals surface area contributed by atoms with Crippen LogP contribution in [0.25, 0.3) is 5.32 Å². The summed E-state index contributed by atoms with van der Waals surface area (Å²) in [5.74, 6) is 0. The van der Waals surface area contributed by atoms with Crippen molar-refractivity contribution < 1.29 is 21.7 Å². The molecule has 0 aromatic carbocycles. The summed E-state index contributed by atoms with van der Waals surface area (Å²) in [6, 6.07) is 0. The van der Waals surface area contributed by atoms with Crippen molar-refractivity contribution in [2.45, 2.75) is 19.3 Å². The van der Waals surface area contributed by atoms with Crippen LogP contribution in [-0.2, 0) is 21.7 Å². The second-order valence-electron chi connectivity index (χ2n) is 1.73. The van der Waals surface area contributed by atoms with Crippen LogP contribution in [0.4, 0.5) is 0 Å². The Kier molecular flexibility index (Phi) is 22.2. The van der Waals surface area contributed by atoms with E-state index in [0.717, 1.165) is 13.1 Å². The van der Waals surface area contributed by atoms with Gasteiger partial charge in [-0.3, -0.25) is 0 Å². The maximum atomic E-state index is 4.18. The van der Waals surface area contributed by atoms with Gasteiger partial charge in [0.15, 0.2) is 0 Å². The van der Waals surface area contributed by atoms with Crippen molar-refractivity contribution in [2.24, 2.45) is 0 Å². The fraction of sp³-hybridized carbons (Fsp3) is 1.00. The molecule has 4 heteroatoms. The number of halogens is 2. The van der Waals surface area contributed by atoms with Gasteiger partial charge in [-0.15, -0.1) is 37.9 Å². The number of hydrogen-bond acceptors (Lipinski definition) is 0. The average Bonchev–Trinajstić information content (AvgIpc) is 1.72. The van der Waals surface area contributed by atoms with E-state index in [4.69, 9.17) is 0 Å². The van der Waals surface area contributed by atoms with Crippen LogP contribution in [0.3, 0.4) is 0 Å². The van der Waals surface area contributed by atoms with E-state index in [2.05, 4.69) is 5.32 Å². The van der Waals surface area contributed by atoms with Crippen molar-refractivity contribution in [1.82, 2.24) is 0 Å². The SMILES string of the molecule is C1CC[N-]CC1.Cl.Cl.[Ti]. The molecule has 0 aromatic rings. The van der Waals surface area contributed by atoms with Crippen LogP contribution < -0.4 is 0 Å². The van der Waals surface area contributed by atoms with E-state index in [1.165, 1.54) is 19.3 Å². The van der Waals surface area contributed by atoms with Gasteiger partial charge in [0, 0.05) is 21.7 Å². The summed E-state index contributed by atoms with van der Waals surface area (Å²) >= 11 is 0. The molecule has 9 heavy (non-hydrogen) atoms. The van der Waals surface area contributed by atoms with Gasteiger partial charge in [-0.05, 0) is 0 Å². The molecule has 0 saturated carbocycles. The molecule has 0 N–H and O–H groups in total. The average molecular weight is 205 g/mol. The van der Waals surface area contributed by atoms with Gasteiger partial charge in [0.25, 0.3) is 0 Å². The van der Waals surface area contributed by atoms with Crippen molar-refractivity contribution in [2.75, 3.05) is 13.1 Å². The minimum Gasteiger partial charge on any atom is -0.662 e. The molecular weight excluding hydrogens is 193 g/mol. The number of hydrogen-bond donors (Lipinski definition) is 0. The third-order valence-corrected chi connectivity index (χ3v) is 1.13. The van der Waals surface area contributed by atoms with E-state index in [-0.39, 0.29) is 46.5 Å². The van der Waals surface area contributed by atoms with E-state index in [1.807, 2.05) is 0 Å². The largest absolute Gasteiger partial charge is 0.662 e. The molecule has 1 saturated heterocycles. The zero-order valence-electron chi connectivity index (χ0n) is 5.30. The molecule has 0 radical (unpaired) electrons. The Balaban J connectivity index is -0.000000120. The fourth-order valence-corrected chi connectivity index (χ4v) is 0.736. The van der Waals surface area contributed by atoms with Crippen molar-refractivity contribution >= 4 is 24.8 Å². The first-order valence-corrected chi connectivity index (χ1v) is 2.63. The number of rotatable bonds is 0. The third kappa shape index (κ3) is 9.25. The van der Waals surface area contributed by atoms with Gasteiger partial charge >= 0.3 is 0 Å². The van der Waals surface area contributed by atoms with Gasteiger partial charge in [0.1, 0.15) is 0 Å². The molecule has 1 aliphatic rings. The zero-order chi connectivity index (χ0) is 4.24. The molecule has 1 heterocycles. The van der Waals surface area contributed by atoms with E-state index >= 15 is 0 Å². The Hall–Kier alpha value is 1.25. The fourth-order valence-electron chi connectivity index (χ4n) is 0.736. The van der Waals surface area contributed by atoms with Crippen molar-refractivity contribution in [3.63, 3.8) is 0 Å². The maximum absolute atomic E-state index is 4.18. The van der Waals surface area contributed by atoms with Gasteiger partial charge in [-0.25, -0.2) is 0 Å². The molecule has 1 nitrogen and oxygen atoms in total. The topological polar surface area (TPSA) is 14.1 Å². The molecule has 0 aliphatic carbocycles. The zero-order valence-corrected chi connectivity index (χ0v) is 8.49. The molecule has 56 valence electrons. The number of nitrogens with zero attached hydrogens (tertiary/aromatic N) is 1. The Bertz CT molecular complexity index is 30.4. The molecule has 1 fully saturated rings. The van der Waals surface area contributed by atoms with Crippen molar-refractivity contribution in [1.29, 1.82) is 0 Å². The second-order valence-corrected chi connectivity index (χ2v) is 1.73. The van der Waals surface area contributed by atoms with Gasteiger partial charge in [0.2, 0.25) is 0 Å². The van der Waals surface area contributed by atoms with E-state index in [0.29, 0.717) is 0 Å². The second kappa shape index (κ2) is 12.0. The first-order valence-electron chi connectivity index (χ1n) is 2.63. The van der Waals surface area contributed by atoms with E-state index < -0.39 is 0 Å². The predicted octanol–water partition coefficient (Wildman–Crippen LogP) is 2.39. The first-order chi connectivity index (χ1) is 3.00. The van der Waals surface area contributed by atoms with Gasteiger partial charge in [-0.2, -0.15) is 0 Å². The van der Waals surface area contributed by atoms with Crippen LogP contribution in [0.5, 0.6) is 0 Å². The van der Waals surface area contributed by atoms with E-state index in [9.17, 15) is 0 Å². The third-order valence-electron chi connectivity index (χ3n) is 1.13. The van der Waals surface area contributed by atoms with Crippen LogP contribution in [0, 0.1) is 0 Å². The van der Waals surface area contributed by atoms with Crippen molar-refractivity contribution in [3.05, 3.63) is 5.32 Å². The number of piperidine rings is 1. The first kappa shape index (κ1) is 16.7. The van der Waals surface area contributed by atoms with Crippen molar-refractivity contribution in [3.8, 4) is 0 Å². The molecule has 1 rings (SSSR count).